The second-order valence-electron chi connectivity index (χ2n) is 16.8. The van der Waals surface area contributed by atoms with Gasteiger partial charge in [0, 0.05) is 40.5 Å². The molecule has 384 valence electrons. The van der Waals surface area contributed by atoms with Gasteiger partial charge in [0.05, 0.1) is 26.4 Å². The fourth-order valence-corrected chi connectivity index (χ4v) is 8.27. The maximum Gasteiger partial charge on any atom is 0.222 e. The molecule has 16 N–H and O–H groups in total. The van der Waals surface area contributed by atoms with Gasteiger partial charge in [-0.05, 0) is 12.8 Å². The summed E-state index contributed by atoms with van der Waals surface area (Å²) >= 11 is 0. The molecule has 4 fully saturated rings. The molecule has 0 aliphatic carbocycles. The molecule has 0 bridgehead atoms. The second-order valence-corrected chi connectivity index (χ2v) is 16.8. The van der Waals surface area contributed by atoms with Crippen molar-refractivity contribution in [3.05, 3.63) is 0 Å². The second kappa shape index (κ2) is 25.7. The molecule has 67 heavy (non-hydrogen) atoms. The lowest BCUT2D eigenvalue weighted by molar-refractivity contribution is -0.315. The standard InChI is InChI=1S/C39H66N6O22/c1-14(50)40-24-32(60)34(66-38-26(42-16(3)52)30(58)28(56)18(10-46)64-38)20(12-48)62-36(24)44-22(54)8-6-5-7-9-23(55)45-37-25(41-15(2)51)33(61)35(21(13-49)63-37)67-39-27(43-17(4)53)31(59)29(57)19(11-47)65-39/h18-21,24-39,46-49,56-61H,5-13H2,1-4H3,(H,40,50)(H,41,51)(H,42,52)(H,43,53)(H,44,54)(H,45,55)/t18-,19-,20-,21-,24-,25-,26-,27-,28-,29-,30-,31-,32-,33-,34-,35-,36-,37-,38+,39+/m1/s1. The number of carbonyl (C=O) groups excluding carboxylic acids is 6. The molecule has 0 saturated carbocycles. The van der Waals surface area contributed by atoms with Crippen molar-refractivity contribution in [2.45, 2.75) is 182 Å². The lowest BCUT2D eigenvalue weighted by atomic mass is 9.94. The summed E-state index contributed by atoms with van der Waals surface area (Å²) in [5.74, 6) is -3.86. The summed E-state index contributed by atoms with van der Waals surface area (Å²) < 4.78 is 34.7. The van der Waals surface area contributed by atoms with Gasteiger partial charge in [-0.25, -0.2) is 0 Å². The van der Waals surface area contributed by atoms with Gasteiger partial charge in [0.25, 0.3) is 0 Å². The lowest BCUT2D eigenvalue weighted by Gasteiger charge is -2.48. The normalized spacial score (nSPS) is 38.8. The Morgan fingerprint density at radius 3 is 1.01 bits per heavy atom. The highest BCUT2D eigenvalue weighted by Gasteiger charge is 2.54. The number of aliphatic hydroxyl groups excluding tert-OH is 10. The number of unbranched alkanes of at least 4 members (excludes halogenated alkanes) is 2. The summed E-state index contributed by atoms with van der Waals surface area (Å²) in [6, 6.07) is -5.62. The molecule has 0 aromatic carbocycles. The summed E-state index contributed by atoms with van der Waals surface area (Å²) in [5.41, 5.74) is 0. The maximum absolute atomic E-state index is 13.1. The molecule has 28 heteroatoms. The molecule has 20 atom stereocenters. The lowest BCUT2D eigenvalue weighted by Crippen LogP contribution is -2.71. The topological polar surface area (TPSA) is 432 Å². The van der Waals surface area contributed by atoms with Crippen molar-refractivity contribution in [2.24, 2.45) is 0 Å². The molecule has 4 heterocycles. The fraction of sp³-hybridized carbons (Fsp3) is 0.846. The van der Waals surface area contributed by atoms with Crippen LogP contribution >= 0.6 is 0 Å². The van der Waals surface area contributed by atoms with Crippen LogP contribution in [0.1, 0.15) is 59.8 Å². The molecular weight excluding hydrogens is 904 g/mol. The van der Waals surface area contributed by atoms with Gasteiger partial charge in [0.15, 0.2) is 25.0 Å². The van der Waals surface area contributed by atoms with E-state index in [0.29, 0.717) is 6.42 Å². The van der Waals surface area contributed by atoms with E-state index in [9.17, 15) is 79.8 Å². The molecule has 0 radical (unpaired) electrons. The minimum Gasteiger partial charge on any atom is -0.394 e. The monoisotopic (exact) mass is 970 g/mol. The van der Waals surface area contributed by atoms with Crippen molar-refractivity contribution in [3.63, 3.8) is 0 Å². The van der Waals surface area contributed by atoms with Gasteiger partial charge in [-0.2, -0.15) is 0 Å². The minimum absolute atomic E-state index is 0.143. The Kier molecular flexibility index (Phi) is 21.4. The van der Waals surface area contributed by atoms with E-state index in [2.05, 4.69) is 31.9 Å². The largest absolute Gasteiger partial charge is 0.394 e. The molecule has 4 aliphatic heterocycles. The Hall–Kier alpha value is -3.82. The number of ether oxygens (including phenoxy) is 6. The molecule has 0 spiro atoms. The molecule has 4 saturated heterocycles. The molecule has 0 aromatic rings. The summed E-state index contributed by atoms with van der Waals surface area (Å²) in [4.78, 5) is 74.5. The maximum atomic E-state index is 13.1. The van der Waals surface area contributed by atoms with Gasteiger partial charge < -0.3 is 111 Å². The highest BCUT2D eigenvalue weighted by molar-refractivity contribution is 5.78. The van der Waals surface area contributed by atoms with Crippen molar-refractivity contribution >= 4 is 35.4 Å². The average molecular weight is 971 g/mol. The first-order valence-electron chi connectivity index (χ1n) is 21.8. The third-order valence-corrected chi connectivity index (χ3v) is 11.5. The zero-order chi connectivity index (χ0) is 49.9. The number of aliphatic hydroxyl groups is 10. The molecule has 0 unspecified atom stereocenters. The Balaban J connectivity index is 1.32. The van der Waals surface area contributed by atoms with Crippen molar-refractivity contribution in [2.75, 3.05) is 26.4 Å². The summed E-state index contributed by atoms with van der Waals surface area (Å²) in [6.07, 6.45) is -24.4. The summed E-state index contributed by atoms with van der Waals surface area (Å²) in [5, 5.41) is 120. The van der Waals surface area contributed by atoms with Gasteiger partial charge in [0.2, 0.25) is 35.4 Å². The van der Waals surface area contributed by atoms with Crippen LogP contribution in [0.25, 0.3) is 0 Å². The fourth-order valence-electron chi connectivity index (χ4n) is 8.27. The minimum atomic E-state index is -1.72. The van der Waals surface area contributed by atoms with Crippen LogP contribution in [-0.2, 0) is 57.2 Å². The third kappa shape index (κ3) is 14.6. The van der Waals surface area contributed by atoms with Gasteiger partial charge in [-0.1, -0.05) is 6.42 Å². The van der Waals surface area contributed by atoms with Crippen LogP contribution in [0.3, 0.4) is 0 Å². The van der Waals surface area contributed by atoms with E-state index in [1.54, 1.807) is 0 Å². The van der Waals surface area contributed by atoms with Gasteiger partial charge in [-0.3, -0.25) is 28.8 Å². The van der Waals surface area contributed by atoms with E-state index >= 15 is 0 Å². The predicted octanol–water partition coefficient (Wildman–Crippen LogP) is -9.01. The van der Waals surface area contributed by atoms with Crippen molar-refractivity contribution in [1.29, 1.82) is 0 Å². The number of hydrogen-bond acceptors (Lipinski definition) is 22. The molecule has 4 rings (SSSR count). The summed E-state index contributed by atoms with van der Waals surface area (Å²) in [7, 11) is 0. The number of carbonyl (C=O) groups is 6. The molecular formula is C39H66N6O22. The zero-order valence-electron chi connectivity index (χ0n) is 37.3. The van der Waals surface area contributed by atoms with Crippen LogP contribution < -0.4 is 31.9 Å². The van der Waals surface area contributed by atoms with Crippen molar-refractivity contribution in [3.8, 4) is 0 Å². The quantitative estimate of drug-likeness (QED) is 0.0504. The van der Waals surface area contributed by atoms with E-state index in [-0.39, 0.29) is 25.7 Å². The first-order valence-corrected chi connectivity index (χ1v) is 21.8. The van der Waals surface area contributed by atoms with Crippen LogP contribution in [0.2, 0.25) is 0 Å². The smallest absolute Gasteiger partial charge is 0.222 e. The molecule has 0 aromatic heterocycles. The Morgan fingerprint density at radius 2 is 0.716 bits per heavy atom. The Bertz CT molecular complexity index is 1550. The predicted molar refractivity (Wildman–Crippen MR) is 219 cm³/mol. The number of amides is 6. The number of nitrogens with one attached hydrogen (secondary N) is 6. The third-order valence-electron chi connectivity index (χ3n) is 11.5. The van der Waals surface area contributed by atoms with Gasteiger partial charge in [0.1, 0.15) is 97.4 Å². The first kappa shape index (κ1) is 55.8. The van der Waals surface area contributed by atoms with Gasteiger partial charge in [-0.15, -0.1) is 0 Å². The molecule has 28 nitrogen and oxygen atoms in total. The van der Waals surface area contributed by atoms with Gasteiger partial charge >= 0.3 is 0 Å². The van der Waals surface area contributed by atoms with E-state index in [1.807, 2.05) is 0 Å². The van der Waals surface area contributed by atoms with Crippen LogP contribution in [0.4, 0.5) is 0 Å². The highest BCUT2D eigenvalue weighted by Crippen LogP contribution is 2.31. The SMILES string of the molecule is CC(=O)N[C@@H]1[C@@H](O)[C@H](O[C@@H]2O[C@H](CO)[C@@H](O)[C@H](O)[C@H]2NC(C)=O)[C@@H](CO)O[C@H]1NC(=O)CCCCCC(=O)N[C@@H]1O[C@H](CO)[C@@H](O[C@@H]2O[C@H](CO)[C@@H](O)[C@H](O)[C@H]2NC(C)=O)[C@H](O)[C@H]1NC(C)=O. The van der Waals surface area contributed by atoms with Crippen LogP contribution in [-0.4, -0.2) is 235 Å². The number of hydrogen-bond donors (Lipinski definition) is 16. The van der Waals surface area contributed by atoms with E-state index < -0.39 is 184 Å². The summed E-state index contributed by atoms with van der Waals surface area (Å²) in [6.45, 7) is 1.34. The van der Waals surface area contributed by atoms with E-state index in [1.165, 1.54) is 0 Å². The van der Waals surface area contributed by atoms with Crippen molar-refractivity contribution in [1.82, 2.24) is 31.9 Å². The first-order chi connectivity index (χ1) is 31.6. The van der Waals surface area contributed by atoms with E-state index in [0.717, 1.165) is 27.7 Å². The van der Waals surface area contributed by atoms with Crippen LogP contribution in [0.15, 0.2) is 0 Å². The number of rotatable bonds is 20. The molecule has 6 amide bonds. The molecule has 4 aliphatic rings. The van der Waals surface area contributed by atoms with Crippen LogP contribution in [0, 0.1) is 0 Å². The van der Waals surface area contributed by atoms with E-state index in [4.69, 9.17) is 28.4 Å². The van der Waals surface area contributed by atoms with Crippen LogP contribution in [0.5, 0.6) is 0 Å². The average Bonchev–Trinajstić information content (AvgIpc) is 3.26. The zero-order valence-corrected chi connectivity index (χ0v) is 37.3. The Morgan fingerprint density at radius 1 is 0.403 bits per heavy atom. The highest BCUT2D eigenvalue weighted by atomic mass is 16.7. The Labute approximate surface area is 383 Å². The van der Waals surface area contributed by atoms with Crippen molar-refractivity contribution < 1.29 is 108 Å².